The number of hydrogen-bond donors (Lipinski definition) is 3. The van der Waals surface area contributed by atoms with Crippen LogP contribution < -0.4 is 14.9 Å². The molecule has 1 fully saturated rings. The molecule has 3 amide bonds. The maximum Gasteiger partial charge on any atom is 0.323 e. The molecular weight excluding hydrogens is 525 g/mol. The molecule has 2 unspecified atom stereocenters. The number of thioether (sulfide) groups is 1. The fraction of sp³-hybridized carbons (Fsp3) is 0.208. The second kappa shape index (κ2) is 9.82. The quantitative estimate of drug-likeness (QED) is 0.385. The number of nitrogens with one attached hydrogen (secondary N) is 2. The van der Waals surface area contributed by atoms with E-state index in [0.717, 1.165) is 28.0 Å². The molecule has 3 aromatic rings. The lowest BCUT2D eigenvalue weighted by atomic mass is 9.82. The Balaban J connectivity index is 1.46. The first-order valence-electron chi connectivity index (χ1n) is 11.0. The van der Waals surface area contributed by atoms with Gasteiger partial charge in [0.1, 0.15) is 23.4 Å². The third-order valence-corrected chi connectivity index (χ3v) is 8.35. The van der Waals surface area contributed by atoms with Gasteiger partial charge in [0.05, 0.1) is 10.9 Å². The van der Waals surface area contributed by atoms with Gasteiger partial charge in [0.2, 0.25) is 11.8 Å². The maximum absolute atomic E-state index is 13.3. The number of carbonyl (C=O) groups is 4. The Bertz CT molecular complexity index is 1470. The molecule has 0 radical (unpaired) electrons. The summed E-state index contributed by atoms with van der Waals surface area (Å²) in [6, 6.07) is 11.9. The summed E-state index contributed by atoms with van der Waals surface area (Å²) >= 11 is 1.93. The molecular formula is C24H18FN3O7S2. The van der Waals surface area contributed by atoms with E-state index < -0.39 is 59.7 Å². The summed E-state index contributed by atoms with van der Waals surface area (Å²) < 4.78 is 18.9. The van der Waals surface area contributed by atoms with Crippen molar-refractivity contribution in [2.45, 2.75) is 16.2 Å². The summed E-state index contributed by atoms with van der Waals surface area (Å²) in [5.41, 5.74) is 0.855. The third-order valence-electron chi connectivity index (χ3n) is 5.95. The lowest BCUT2D eigenvalue weighted by Crippen LogP contribution is -2.36. The van der Waals surface area contributed by atoms with E-state index in [0.29, 0.717) is 21.2 Å². The fourth-order valence-corrected chi connectivity index (χ4v) is 6.97. The third kappa shape index (κ3) is 4.74. The summed E-state index contributed by atoms with van der Waals surface area (Å²) in [7, 11) is 0. The van der Waals surface area contributed by atoms with Crippen molar-refractivity contribution in [2.75, 3.05) is 18.5 Å². The van der Waals surface area contributed by atoms with Gasteiger partial charge >= 0.3 is 10.8 Å². The number of carbonyl (C=O) groups excluding carboxylic acids is 3. The molecule has 10 nitrogen and oxygen atoms in total. The summed E-state index contributed by atoms with van der Waals surface area (Å²) in [5, 5.41) is 11.3. The van der Waals surface area contributed by atoms with Crippen molar-refractivity contribution >= 4 is 52.5 Å². The standard InChI is InChI=1S/C24H18FN3O7S2/c25-11-5-7-12(8-6-11)26-15(29)10-35-14-4-2-1-3-13(14)17-18-20(36-21-19(17)37-24(34)27-21)23(33)28(22(18)32)9-16(30)31/h1-8,17-18,20H,9-10H2,(H,26,29)(H,27,34)(H,30,31)/t17-,18?,20?/m0/s1. The van der Waals surface area contributed by atoms with Crippen LogP contribution in [0.2, 0.25) is 0 Å². The van der Waals surface area contributed by atoms with Crippen molar-refractivity contribution in [1.29, 1.82) is 0 Å². The molecule has 37 heavy (non-hydrogen) atoms. The minimum absolute atomic E-state index is 0.260. The van der Waals surface area contributed by atoms with Crippen LogP contribution in [0.1, 0.15) is 16.4 Å². The first kappa shape index (κ1) is 24.7. The number of imide groups is 1. The largest absolute Gasteiger partial charge is 0.483 e. The van der Waals surface area contributed by atoms with E-state index in [2.05, 4.69) is 10.3 Å². The second-order valence-corrected chi connectivity index (χ2v) is 10.5. The van der Waals surface area contributed by atoms with E-state index in [-0.39, 0.29) is 10.6 Å². The summed E-state index contributed by atoms with van der Waals surface area (Å²) in [6.45, 7) is -1.16. The highest BCUT2D eigenvalue weighted by Crippen LogP contribution is 2.53. The van der Waals surface area contributed by atoms with Crippen LogP contribution in [-0.4, -0.2) is 57.1 Å². The molecule has 2 aromatic carbocycles. The number of H-pyrrole nitrogens is 1. The molecule has 3 heterocycles. The van der Waals surface area contributed by atoms with E-state index in [9.17, 15) is 33.5 Å². The first-order chi connectivity index (χ1) is 17.7. The summed E-state index contributed by atoms with van der Waals surface area (Å²) in [5.74, 6) is -5.04. The van der Waals surface area contributed by atoms with Gasteiger partial charge in [0.15, 0.2) is 6.61 Å². The van der Waals surface area contributed by atoms with Crippen LogP contribution >= 0.6 is 23.1 Å². The van der Waals surface area contributed by atoms with E-state index in [1.165, 1.54) is 24.3 Å². The van der Waals surface area contributed by atoms with Crippen LogP contribution in [0.15, 0.2) is 58.4 Å². The summed E-state index contributed by atoms with van der Waals surface area (Å²) in [4.78, 5) is 65.8. The van der Waals surface area contributed by atoms with Gasteiger partial charge in [-0.05, 0) is 30.3 Å². The summed E-state index contributed by atoms with van der Waals surface area (Å²) in [6.07, 6.45) is 0. The number of amides is 3. The van der Waals surface area contributed by atoms with Gasteiger partial charge in [0.25, 0.3) is 5.91 Å². The molecule has 2 aliphatic rings. The molecule has 0 aliphatic carbocycles. The molecule has 0 spiro atoms. The Morgan fingerprint density at radius 2 is 1.81 bits per heavy atom. The Morgan fingerprint density at radius 3 is 2.54 bits per heavy atom. The Kier molecular flexibility index (Phi) is 6.56. The number of likely N-dealkylation sites (tertiary alicyclic amines) is 1. The second-order valence-electron chi connectivity index (χ2n) is 8.29. The van der Waals surface area contributed by atoms with Gasteiger partial charge in [-0.2, -0.15) is 0 Å². The molecule has 0 bridgehead atoms. The number of aromatic nitrogens is 1. The predicted octanol–water partition coefficient (Wildman–Crippen LogP) is 2.27. The SMILES string of the molecule is O=C(O)CN1C(=O)C2Sc3[nH]c(=O)sc3[C@@H](c3ccccc3OCC(=O)Nc3ccc(F)cc3)C2C1=O. The molecule has 5 rings (SSSR count). The van der Waals surface area contributed by atoms with Gasteiger partial charge in [-0.15, -0.1) is 0 Å². The molecule has 3 N–H and O–H groups in total. The molecule has 1 aromatic heterocycles. The molecule has 13 heteroatoms. The van der Waals surface area contributed by atoms with E-state index in [1.807, 2.05) is 0 Å². The zero-order chi connectivity index (χ0) is 26.3. The van der Waals surface area contributed by atoms with Crippen LogP contribution in [0.3, 0.4) is 0 Å². The minimum atomic E-state index is -1.32. The van der Waals surface area contributed by atoms with Crippen molar-refractivity contribution in [3.63, 3.8) is 0 Å². The van der Waals surface area contributed by atoms with Gasteiger partial charge in [0, 0.05) is 22.0 Å². The normalized spacial score (nSPS) is 20.4. The predicted molar refractivity (Wildman–Crippen MR) is 131 cm³/mol. The van der Waals surface area contributed by atoms with E-state index in [1.54, 1.807) is 24.3 Å². The van der Waals surface area contributed by atoms with E-state index in [4.69, 9.17) is 4.74 Å². The van der Waals surface area contributed by atoms with Gasteiger partial charge in [-0.3, -0.25) is 28.9 Å². The number of halogens is 1. The lowest BCUT2D eigenvalue weighted by molar-refractivity contribution is -0.149. The first-order valence-corrected chi connectivity index (χ1v) is 12.7. The van der Waals surface area contributed by atoms with Crippen molar-refractivity contribution in [3.05, 3.63) is 74.5 Å². The number of thiazole rings is 1. The number of benzene rings is 2. The maximum atomic E-state index is 13.3. The minimum Gasteiger partial charge on any atom is -0.483 e. The van der Waals surface area contributed by atoms with E-state index >= 15 is 0 Å². The number of carboxylic acid groups (broad SMARTS) is 1. The fourth-order valence-electron chi connectivity index (χ4n) is 4.44. The smallest absolute Gasteiger partial charge is 0.323 e. The van der Waals surface area contributed by atoms with Gasteiger partial charge in [-0.1, -0.05) is 41.3 Å². The van der Waals surface area contributed by atoms with Crippen LogP contribution in [0.25, 0.3) is 0 Å². The number of ether oxygens (including phenoxy) is 1. The zero-order valence-corrected chi connectivity index (χ0v) is 20.4. The topological polar surface area (TPSA) is 146 Å². The molecule has 3 atom stereocenters. The molecule has 2 aliphatic heterocycles. The molecule has 1 saturated heterocycles. The zero-order valence-electron chi connectivity index (χ0n) is 18.8. The average Bonchev–Trinajstić information content (AvgIpc) is 3.35. The molecule has 0 saturated carbocycles. The number of para-hydroxylation sites is 1. The highest BCUT2D eigenvalue weighted by atomic mass is 32.2. The Morgan fingerprint density at radius 1 is 1.08 bits per heavy atom. The lowest BCUT2D eigenvalue weighted by Gasteiger charge is -2.30. The number of anilines is 1. The molecule has 190 valence electrons. The van der Waals surface area contributed by atoms with Crippen molar-refractivity contribution in [2.24, 2.45) is 5.92 Å². The highest BCUT2D eigenvalue weighted by molar-refractivity contribution is 8.00. The van der Waals surface area contributed by atoms with Gasteiger partial charge in [-0.25, -0.2) is 4.39 Å². The van der Waals surface area contributed by atoms with Crippen LogP contribution in [-0.2, 0) is 19.2 Å². The van der Waals surface area contributed by atoms with Crippen molar-refractivity contribution in [3.8, 4) is 5.75 Å². The number of aliphatic carboxylic acids is 1. The average molecular weight is 544 g/mol. The monoisotopic (exact) mass is 543 g/mol. The van der Waals surface area contributed by atoms with Crippen LogP contribution in [0.4, 0.5) is 10.1 Å². The number of carboxylic acids is 1. The van der Waals surface area contributed by atoms with Crippen molar-refractivity contribution < 1.29 is 33.4 Å². The number of hydrogen-bond acceptors (Lipinski definition) is 8. The van der Waals surface area contributed by atoms with Crippen LogP contribution in [0, 0.1) is 11.7 Å². The Hall–Kier alpha value is -3.97. The number of fused-ring (bicyclic) bond motifs is 2. The number of rotatable bonds is 7. The number of aromatic amines is 1. The number of nitrogens with zero attached hydrogens (tertiary/aromatic N) is 1. The van der Waals surface area contributed by atoms with Gasteiger partial charge < -0.3 is 20.1 Å². The Labute approximate surface area is 216 Å². The highest BCUT2D eigenvalue weighted by Gasteiger charge is 2.56. The van der Waals surface area contributed by atoms with Crippen LogP contribution in [0.5, 0.6) is 5.75 Å². The van der Waals surface area contributed by atoms with Crippen molar-refractivity contribution in [1.82, 2.24) is 9.88 Å².